The van der Waals surface area contributed by atoms with Gasteiger partial charge in [0.15, 0.2) is 0 Å². The maximum absolute atomic E-state index is 12.3. The molecule has 1 fully saturated rings. The van der Waals surface area contributed by atoms with Crippen molar-refractivity contribution in [2.75, 3.05) is 6.54 Å². The number of nitrogens with one attached hydrogen (secondary N) is 1. The Morgan fingerprint density at radius 3 is 2.48 bits per heavy atom. The molecule has 0 saturated heterocycles. The fourth-order valence-corrected chi connectivity index (χ4v) is 3.77. The molecule has 1 saturated carbocycles. The van der Waals surface area contributed by atoms with E-state index in [1.165, 1.54) is 0 Å². The first kappa shape index (κ1) is 19.3. The van der Waals surface area contributed by atoms with Gasteiger partial charge in [0.2, 0.25) is 11.8 Å². The minimum absolute atomic E-state index is 0.000346. The van der Waals surface area contributed by atoms with Crippen LogP contribution in [0.25, 0.3) is 11.5 Å². The van der Waals surface area contributed by atoms with E-state index >= 15 is 0 Å². The Morgan fingerprint density at radius 2 is 1.79 bits per heavy atom. The van der Waals surface area contributed by atoms with E-state index in [4.69, 9.17) is 4.42 Å². The van der Waals surface area contributed by atoms with Gasteiger partial charge in [-0.2, -0.15) is 0 Å². The van der Waals surface area contributed by atoms with Crippen molar-refractivity contribution in [2.45, 2.75) is 45.4 Å². The number of aromatic nitrogens is 3. The van der Waals surface area contributed by atoms with Crippen LogP contribution in [0.1, 0.15) is 59.1 Å². The summed E-state index contributed by atoms with van der Waals surface area (Å²) < 4.78 is 5.92. The number of carbonyl (C=O) groups is 1. The van der Waals surface area contributed by atoms with Crippen LogP contribution in [0.2, 0.25) is 0 Å². The fraction of sp³-hybridized carbons (Fsp3) is 0.391. The number of pyridine rings is 1. The van der Waals surface area contributed by atoms with Gasteiger partial charge in [-0.3, -0.25) is 9.78 Å². The summed E-state index contributed by atoms with van der Waals surface area (Å²) in [6.07, 6.45) is 5.85. The third-order valence-electron chi connectivity index (χ3n) is 5.66. The third-order valence-corrected chi connectivity index (χ3v) is 5.66. The standard InChI is InChI=1S/C23H26N4O2/c1-15-3-8-18(9-4-15)21(28)25-13-17-6-11-19(12-7-17)22-26-27-23(29-22)20-10-5-16(2)24-14-20/h3-5,8-10,14,17,19H,6-7,11-13H2,1-2H3,(H,25,28). The molecule has 2 aromatic heterocycles. The molecule has 1 aliphatic rings. The molecule has 0 spiro atoms. The topological polar surface area (TPSA) is 80.9 Å². The van der Waals surface area contributed by atoms with Crippen LogP contribution in [-0.4, -0.2) is 27.6 Å². The van der Waals surface area contributed by atoms with E-state index in [9.17, 15) is 4.79 Å². The molecule has 1 amide bonds. The lowest BCUT2D eigenvalue weighted by Crippen LogP contribution is -2.31. The molecule has 1 N–H and O–H groups in total. The number of aryl methyl sites for hydroxylation is 2. The Hall–Kier alpha value is -3.02. The molecular formula is C23H26N4O2. The molecule has 1 aromatic carbocycles. The zero-order valence-corrected chi connectivity index (χ0v) is 16.9. The normalized spacial score (nSPS) is 19.1. The van der Waals surface area contributed by atoms with E-state index in [-0.39, 0.29) is 5.91 Å². The predicted octanol–water partition coefficient (Wildman–Crippen LogP) is 4.45. The zero-order valence-electron chi connectivity index (χ0n) is 16.9. The second-order valence-electron chi connectivity index (χ2n) is 7.93. The second-order valence-corrected chi connectivity index (χ2v) is 7.93. The van der Waals surface area contributed by atoms with E-state index in [0.29, 0.717) is 35.7 Å². The van der Waals surface area contributed by atoms with Crippen LogP contribution in [0.3, 0.4) is 0 Å². The number of amides is 1. The van der Waals surface area contributed by atoms with Gasteiger partial charge in [0.25, 0.3) is 5.91 Å². The van der Waals surface area contributed by atoms with Crippen LogP contribution in [0.15, 0.2) is 47.0 Å². The molecule has 150 valence electrons. The van der Waals surface area contributed by atoms with Gasteiger partial charge in [0.1, 0.15) is 0 Å². The van der Waals surface area contributed by atoms with Crippen LogP contribution in [0, 0.1) is 19.8 Å². The van der Waals surface area contributed by atoms with Gasteiger partial charge < -0.3 is 9.73 Å². The van der Waals surface area contributed by atoms with Crippen molar-refractivity contribution in [2.24, 2.45) is 5.92 Å². The Bertz CT molecular complexity index is 955. The summed E-state index contributed by atoms with van der Waals surface area (Å²) >= 11 is 0. The van der Waals surface area contributed by atoms with Crippen molar-refractivity contribution in [3.8, 4) is 11.5 Å². The van der Waals surface area contributed by atoms with E-state index < -0.39 is 0 Å². The van der Waals surface area contributed by atoms with Crippen LogP contribution in [0.5, 0.6) is 0 Å². The van der Waals surface area contributed by atoms with Crippen LogP contribution < -0.4 is 5.32 Å². The zero-order chi connectivity index (χ0) is 20.2. The molecule has 0 unspecified atom stereocenters. The maximum atomic E-state index is 12.3. The largest absolute Gasteiger partial charge is 0.420 e. The Morgan fingerprint density at radius 1 is 1.03 bits per heavy atom. The number of nitrogens with zero attached hydrogens (tertiary/aromatic N) is 3. The molecule has 1 aliphatic carbocycles. The van der Waals surface area contributed by atoms with Gasteiger partial charge in [-0.05, 0) is 69.7 Å². The van der Waals surface area contributed by atoms with Crippen molar-refractivity contribution in [1.29, 1.82) is 0 Å². The lowest BCUT2D eigenvalue weighted by molar-refractivity contribution is 0.0942. The maximum Gasteiger partial charge on any atom is 0.251 e. The summed E-state index contributed by atoms with van der Waals surface area (Å²) in [6, 6.07) is 11.6. The van der Waals surface area contributed by atoms with Crippen molar-refractivity contribution in [1.82, 2.24) is 20.5 Å². The van der Waals surface area contributed by atoms with Crippen molar-refractivity contribution in [3.05, 3.63) is 65.3 Å². The first-order valence-electron chi connectivity index (χ1n) is 10.2. The number of carbonyl (C=O) groups excluding carboxylic acids is 1. The minimum atomic E-state index is 0.000346. The van der Waals surface area contributed by atoms with Gasteiger partial charge in [-0.1, -0.05) is 17.7 Å². The summed E-state index contributed by atoms with van der Waals surface area (Å²) in [5.74, 6) is 2.02. The molecule has 6 nitrogen and oxygen atoms in total. The first-order valence-corrected chi connectivity index (χ1v) is 10.2. The van der Waals surface area contributed by atoms with E-state index in [2.05, 4.69) is 20.5 Å². The van der Waals surface area contributed by atoms with Crippen molar-refractivity contribution >= 4 is 5.91 Å². The predicted molar refractivity (Wildman–Crippen MR) is 110 cm³/mol. The first-order chi connectivity index (χ1) is 14.1. The number of hydrogen-bond acceptors (Lipinski definition) is 5. The molecule has 0 aliphatic heterocycles. The highest BCUT2D eigenvalue weighted by molar-refractivity contribution is 5.94. The quantitative estimate of drug-likeness (QED) is 0.696. The molecule has 29 heavy (non-hydrogen) atoms. The molecule has 2 heterocycles. The van der Waals surface area contributed by atoms with Crippen LogP contribution in [-0.2, 0) is 0 Å². The third kappa shape index (κ3) is 4.70. The highest BCUT2D eigenvalue weighted by Gasteiger charge is 2.26. The molecule has 3 aromatic rings. The Kier molecular flexibility index (Phi) is 5.69. The SMILES string of the molecule is Cc1ccc(C(=O)NCC2CCC(c3nnc(-c4ccc(C)nc4)o3)CC2)cc1. The molecule has 6 heteroatoms. The Labute approximate surface area is 170 Å². The van der Waals surface area contributed by atoms with Gasteiger partial charge in [0.05, 0.1) is 5.56 Å². The minimum Gasteiger partial charge on any atom is -0.420 e. The highest BCUT2D eigenvalue weighted by atomic mass is 16.4. The second kappa shape index (κ2) is 8.55. The monoisotopic (exact) mass is 390 g/mol. The summed E-state index contributed by atoms with van der Waals surface area (Å²) in [6.45, 7) is 4.68. The lowest BCUT2D eigenvalue weighted by Gasteiger charge is -2.26. The summed E-state index contributed by atoms with van der Waals surface area (Å²) in [7, 11) is 0. The van der Waals surface area contributed by atoms with E-state index in [1.54, 1.807) is 6.20 Å². The van der Waals surface area contributed by atoms with Crippen LogP contribution in [0.4, 0.5) is 0 Å². The molecule has 0 atom stereocenters. The Balaban J connectivity index is 1.28. The summed E-state index contributed by atoms with van der Waals surface area (Å²) in [5, 5.41) is 11.5. The number of hydrogen-bond donors (Lipinski definition) is 1. The van der Waals surface area contributed by atoms with Crippen molar-refractivity contribution in [3.63, 3.8) is 0 Å². The van der Waals surface area contributed by atoms with Gasteiger partial charge in [0, 0.05) is 29.9 Å². The highest BCUT2D eigenvalue weighted by Crippen LogP contribution is 2.35. The number of rotatable bonds is 5. The van der Waals surface area contributed by atoms with Gasteiger partial charge in [-0.15, -0.1) is 10.2 Å². The summed E-state index contributed by atoms with van der Waals surface area (Å²) in [5.41, 5.74) is 3.68. The van der Waals surface area contributed by atoms with Gasteiger partial charge >= 0.3 is 0 Å². The van der Waals surface area contributed by atoms with Crippen molar-refractivity contribution < 1.29 is 9.21 Å². The van der Waals surface area contributed by atoms with Crippen LogP contribution >= 0.6 is 0 Å². The molecule has 0 radical (unpaired) electrons. The fourth-order valence-electron chi connectivity index (χ4n) is 3.77. The van der Waals surface area contributed by atoms with E-state index in [1.807, 2.05) is 50.2 Å². The lowest BCUT2D eigenvalue weighted by atomic mass is 9.82. The van der Waals surface area contributed by atoms with E-state index in [0.717, 1.165) is 42.5 Å². The van der Waals surface area contributed by atoms with Gasteiger partial charge in [-0.25, -0.2) is 0 Å². The number of benzene rings is 1. The molecule has 4 rings (SSSR count). The average molecular weight is 390 g/mol. The molecule has 0 bridgehead atoms. The smallest absolute Gasteiger partial charge is 0.251 e. The molecular weight excluding hydrogens is 364 g/mol. The average Bonchev–Trinajstić information content (AvgIpc) is 3.24. The summed E-state index contributed by atoms with van der Waals surface area (Å²) in [4.78, 5) is 16.6.